The molecule has 1 N–H and O–H groups in total. The lowest BCUT2D eigenvalue weighted by molar-refractivity contribution is -0.135. The molecule has 30 heavy (non-hydrogen) atoms. The molecule has 1 aromatic heterocycles. The first-order chi connectivity index (χ1) is 14.7. The van der Waals surface area contributed by atoms with E-state index in [1.54, 1.807) is 12.1 Å². The lowest BCUT2D eigenvalue weighted by Gasteiger charge is -2.36. The summed E-state index contributed by atoms with van der Waals surface area (Å²) in [7, 11) is 0. The minimum Gasteiger partial charge on any atom is -0.484 e. The van der Waals surface area contributed by atoms with E-state index in [-0.39, 0.29) is 24.4 Å². The molecule has 3 aromatic carbocycles. The van der Waals surface area contributed by atoms with Crippen LogP contribution in [0.5, 0.6) is 5.75 Å². The fourth-order valence-corrected chi connectivity index (χ4v) is 4.25. The molecule has 0 unspecified atom stereocenters. The number of aromatic amines is 1. The Hall–Kier alpha value is -3.60. The van der Waals surface area contributed by atoms with E-state index in [0.29, 0.717) is 12.3 Å². The Kier molecular flexibility index (Phi) is 4.71. The summed E-state index contributed by atoms with van der Waals surface area (Å²) < 4.78 is 19.3. The molecule has 1 aliphatic rings. The van der Waals surface area contributed by atoms with Gasteiger partial charge in [0.15, 0.2) is 6.61 Å². The summed E-state index contributed by atoms with van der Waals surface area (Å²) in [4.78, 5) is 18.5. The molecule has 4 nitrogen and oxygen atoms in total. The van der Waals surface area contributed by atoms with Gasteiger partial charge in [-0.25, -0.2) is 4.39 Å². The topological polar surface area (TPSA) is 45.3 Å². The van der Waals surface area contributed by atoms with Crippen molar-refractivity contribution in [3.05, 3.63) is 102 Å². The van der Waals surface area contributed by atoms with Crippen molar-refractivity contribution in [3.63, 3.8) is 0 Å². The van der Waals surface area contributed by atoms with Crippen LogP contribution in [0.3, 0.4) is 0 Å². The minimum absolute atomic E-state index is 0.0444. The summed E-state index contributed by atoms with van der Waals surface area (Å²) in [5.41, 5.74) is 4.12. The molecule has 0 aliphatic carbocycles. The molecule has 0 spiro atoms. The predicted octanol–water partition coefficient (Wildman–Crippen LogP) is 4.86. The molecule has 2 heterocycles. The number of nitrogens with one attached hydrogen (secondary N) is 1. The van der Waals surface area contributed by atoms with Gasteiger partial charge in [-0.05, 0) is 47.9 Å². The summed E-state index contributed by atoms with van der Waals surface area (Å²) in [5.74, 6) is 0.265. The third-order valence-corrected chi connectivity index (χ3v) is 5.65. The second kappa shape index (κ2) is 7.67. The van der Waals surface area contributed by atoms with Crippen molar-refractivity contribution in [3.8, 4) is 5.75 Å². The molecule has 150 valence electrons. The van der Waals surface area contributed by atoms with Crippen molar-refractivity contribution in [2.45, 2.75) is 12.5 Å². The second-order valence-corrected chi connectivity index (χ2v) is 7.46. The smallest absolute Gasteiger partial charge is 0.261 e. The maximum Gasteiger partial charge on any atom is 0.261 e. The van der Waals surface area contributed by atoms with Crippen LogP contribution in [0.25, 0.3) is 10.9 Å². The molecule has 5 heteroatoms. The van der Waals surface area contributed by atoms with Crippen molar-refractivity contribution in [2.24, 2.45) is 0 Å². The van der Waals surface area contributed by atoms with Crippen LogP contribution in [0.1, 0.15) is 22.9 Å². The molecule has 1 aliphatic heterocycles. The molecule has 0 bridgehead atoms. The average Bonchev–Trinajstić information content (AvgIpc) is 3.17. The Morgan fingerprint density at radius 3 is 2.53 bits per heavy atom. The number of carbonyl (C=O) groups excluding carboxylic acids is 1. The lowest BCUT2D eigenvalue weighted by atomic mass is 9.92. The molecule has 0 fully saturated rings. The Morgan fingerprint density at radius 2 is 1.73 bits per heavy atom. The van der Waals surface area contributed by atoms with Crippen LogP contribution in [0, 0.1) is 5.82 Å². The first-order valence-corrected chi connectivity index (χ1v) is 10.0. The molecular formula is C25H21FN2O2. The zero-order valence-corrected chi connectivity index (χ0v) is 16.3. The monoisotopic (exact) mass is 400 g/mol. The molecule has 1 atom stereocenters. The minimum atomic E-state index is -0.311. The summed E-state index contributed by atoms with van der Waals surface area (Å²) in [6, 6.07) is 23.5. The van der Waals surface area contributed by atoms with Gasteiger partial charge in [-0.15, -0.1) is 0 Å². The largest absolute Gasteiger partial charge is 0.484 e. The van der Waals surface area contributed by atoms with Gasteiger partial charge in [-0.3, -0.25) is 4.79 Å². The first kappa shape index (κ1) is 18.4. The quantitative estimate of drug-likeness (QED) is 0.532. The fourth-order valence-electron chi connectivity index (χ4n) is 4.25. The number of rotatable bonds is 4. The lowest BCUT2D eigenvalue weighted by Crippen LogP contribution is -2.42. The maximum atomic E-state index is 13.6. The molecular weight excluding hydrogens is 379 g/mol. The number of fused-ring (bicyclic) bond motifs is 3. The molecule has 5 rings (SSSR count). The van der Waals surface area contributed by atoms with Crippen LogP contribution in [0.15, 0.2) is 78.9 Å². The van der Waals surface area contributed by atoms with Gasteiger partial charge >= 0.3 is 0 Å². The zero-order chi connectivity index (χ0) is 20.5. The van der Waals surface area contributed by atoms with E-state index in [1.807, 2.05) is 53.4 Å². The Balaban J connectivity index is 1.51. The van der Waals surface area contributed by atoms with Crippen LogP contribution in [0.2, 0.25) is 0 Å². The van der Waals surface area contributed by atoms with Gasteiger partial charge in [0, 0.05) is 23.1 Å². The highest BCUT2D eigenvalue weighted by molar-refractivity contribution is 5.86. The highest BCUT2D eigenvalue weighted by Crippen LogP contribution is 2.38. The number of nitrogens with zero attached hydrogens (tertiary/aromatic N) is 1. The number of ether oxygens (including phenoxy) is 1. The van der Waals surface area contributed by atoms with E-state index in [9.17, 15) is 9.18 Å². The third kappa shape index (κ3) is 3.32. The Morgan fingerprint density at radius 1 is 1.00 bits per heavy atom. The van der Waals surface area contributed by atoms with Crippen LogP contribution in [-0.4, -0.2) is 28.9 Å². The van der Waals surface area contributed by atoms with Crippen LogP contribution in [0.4, 0.5) is 4.39 Å². The Labute approximate surface area is 173 Å². The second-order valence-electron chi connectivity index (χ2n) is 7.46. The van der Waals surface area contributed by atoms with Gasteiger partial charge in [0.05, 0.1) is 6.04 Å². The van der Waals surface area contributed by atoms with Gasteiger partial charge < -0.3 is 14.6 Å². The summed E-state index contributed by atoms with van der Waals surface area (Å²) in [5, 5.41) is 1.17. The summed E-state index contributed by atoms with van der Waals surface area (Å²) in [6.45, 7) is 0.533. The number of para-hydroxylation sites is 2. The van der Waals surface area contributed by atoms with Crippen LogP contribution in [-0.2, 0) is 11.2 Å². The summed E-state index contributed by atoms with van der Waals surface area (Å²) >= 11 is 0. The maximum absolute atomic E-state index is 13.6. The van der Waals surface area contributed by atoms with E-state index >= 15 is 0 Å². The molecule has 1 amide bonds. The highest BCUT2D eigenvalue weighted by atomic mass is 19.1. The number of carbonyl (C=O) groups is 1. The number of hydrogen-bond donors (Lipinski definition) is 1. The van der Waals surface area contributed by atoms with Crippen molar-refractivity contribution < 1.29 is 13.9 Å². The van der Waals surface area contributed by atoms with Gasteiger partial charge in [0.2, 0.25) is 0 Å². The van der Waals surface area contributed by atoms with Crippen LogP contribution >= 0.6 is 0 Å². The fraction of sp³-hybridized carbons (Fsp3) is 0.160. The van der Waals surface area contributed by atoms with Gasteiger partial charge in [-0.1, -0.05) is 48.5 Å². The van der Waals surface area contributed by atoms with E-state index in [4.69, 9.17) is 4.74 Å². The standard InChI is InChI=1S/C25H21FN2O2/c26-18-12-10-17(11-13-18)25-24-21(20-8-4-5-9-22(20)27-24)14-15-28(25)23(29)16-30-19-6-2-1-3-7-19/h1-13,25,27H,14-16H2/t25-/m0/s1. The molecule has 0 radical (unpaired) electrons. The van der Waals surface area contributed by atoms with Crippen LogP contribution < -0.4 is 4.74 Å². The predicted molar refractivity (Wildman–Crippen MR) is 114 cm³/mol. The normalized spacial score (nSPS) is 15.8. The first-order valence-electron chi connectivity index (χ1n) is 10.0. The number of aromatic nitrogens is 1. The molecule has 4 aromatic rings. The summed E-state index contributed by atoms with van der Waals surface area (Å²) in [6.07, 6.45) is 0.758. The number of benzene rings is 3. The zero-order valence-electron chi connectivity index (χ0n) is 16.3. The average molecular weight is 400 g/mol. The van der Waals surface area contributed by atoms with E-state index in [0.717, 1.165) is 23.2 Å². The number of amides is 1. The molecule has 0 saturated heterocycles. The molecule has 0 saturated carbocycles. The van der Waals surface area contributed by atoms with Crippen molar-refractivity contribution in [1.82, 2.24) is 9.88 Å². The number of halogens is 1. The highest BCUT2D eigenvalue weighted by Gasteiger charge is 2.34. The van der Waals surface area contributed by atoms with Gasteiger partial charge in [0.25, 0.3) is 5.91 Å². The van der Waals surface area contributed by atoms with E-state index < -0.39 is 0 Å². The van der Waals surface area contributed by atoms with Crippen molar-refractivity contribution >= 4 is 16.8 Å². The van der Waals surface area contributed by atoms with E-state index in [1.165, 1.54) is 23.1 Å². The SMILES string of the molecule is O=C(COc1ccccc1)N1CCc2c([nH]c3ccccc23)[C@@H]1c1ccc(F)cc1. The van der Waals surface area contributed by atoms with E-state index in [2.05, 4.69) is 11.1 Å². The van der Waals surface area contributed by atoms with Crippen molar-refractivity contribution in [1.29, 1.82) is 0 Å². The number of H-pyrrole nitrogens is 1. The number of hydrogen-bond acceptors (Lipinski definition) is 2. The van der Waals surface area contributed by atoms with Gasteiger partial charge in [-0.2, -0.15) is 0 Å². The van der Waals surface area contributed by atoms with Crippen molar-refractivity contribution in [2.75, 3.05) is 13.2 Å². The Bertz CT molecular complexity index is 1180. The van der Waals surface area contributed by atoms with Gasteiger partial charge in [0.1, 0.15) is 11.6 Å². The third-order valence-electron chi connectivity index (χ3n) is 5.65.